The SMILES string of the molecule is Fc1cc(C=Cc2ccc(N3CCN(CC4CC4)CC3)cc2)cc(-c2ccncc2)c1. The Labute approximate surface area is 183 Å². The van der Waals surface area contributed by atoms with E-state index >= 15 is 0 Å². The van der Waals surface area contributed by atoms with Crippen molar-refractivity contribution in [1.82, 2.24) is 9.88 Å². The van der Waals surface area contributed by atoms with Crippen LogP contribution in [0.2, 0.25) is 0 Å². The average Bonchev–Trinajstić information content (AvgIpc) is 3.63. The molecule has 31 heavy (non-hydrogen) atoms. The summed E-state index contributed by atoms with van der Waals surface area (Å²) in [6, 6.07) is 17.6. The van der Waals surface area contributed by atoms with Gasteiger partial charge in [0.05, 0.1) is 0 Å². The van der Waals surface area contributed by atoms with Crippen molar-refractivity contribution in [3.63, 3.8) is 0 Å². The fraction of sp³-hybridized carbons (Fsp3) is 0.296. The molecule has 0 radical (unpaired) electrons. The number of piperazine rings is 1. The zero-order valence-corrected chi connectivity index (χ0v) is 17.8. The standard InChI is InChI=1S/C27H28FN3/c28-26-18-23(17-25(19-26)24-9-11-29-12-10-24)4-1-21-5-7-27(8-6-21)31-15-13-30(14-16-31)20-22-2-3-22/h1,4-12,17-19,22H,2-3,13-16,20H2. The molecule has 1 aliphatic heterocycles. The van der Waals surface area contributed by atoms with Crippen molar-refractivity contribution in [1.29, 1.82) is 0 Å². The van der Waals surface area contributed by atoms with Gasteiger partial charge >= 0.3 is 0 Å². The second kappa shape index (κ2) is 9.03. The van der Waals surface area contributed by atoms with E-state index in [-0.39, 0.29) is 5.82 Å². The van der Waals surface area contributed by atoms with E-state index < -0.39 is 0 Å². The monoisotopic (exact) mass is 413 g/mol. The highest BCUT2D eigenvalue weighted by Gasteiger charge is 2.26. The molecule has 1 aromatic heterocycles. The van der Waals surface area contributed by atoms with Gasteiger partial charge in [-0.05, 0) is 83.5 Å². The van der Waals surface area contributed by atoms with Gasteiger partial charge in [0.15, 0.2) is 0 Å². The number of rotatable bonds is 6. The van der Waals surface area contributed by atoms with E-state index in [9.17, 15) is 4.39 Å². The predicted molar refractivity (Wildman–Crippen MR) is 126 cm³/mol. The van der Waals surface area contributed by atoms with Crippen LogP contribution in [0.15, 0.2) is 67.0 Å². The first-order valence-corrected chi connectivity index (χ1v) is 11.2. The van der Waals surface area contributed by atoms with Gasteiger partial charge in [-0.1, -0.05) is 24.3 Å². The van der Waals surface area contributed by atoms with E-state index in [1.807, 2.05) is 30.4 Å². The Hall–Kier alpha value is -2.98. The number of hydrogen-bond acceptors (Lipinski definition) is 3. The maximum absolute atomic E-state index is 14.1. The van der Waals surface area contributed by atoms with Crippen LogP contribution in [0.4, 0.5) is 10.1 Å². The highest BCUT2D eigenvalue weighted by Crippen LogP contribution is 2.30. The van der Waals surface area contributed by atoms with Crippen LogP contribution in [0, 0.1) is 11.7 Å². The molecule has 158 valence electrons. The van der Waals surface area contributed by atoms with Gasteiger partial charge in [0, 0.05) is 50.8 Å². The van der Waals surface area contributed by atoms with E-state index in [1.54, 1.807) is 24.5 Å². The van der Waals surface area contributed by atoms with Gasteiger partial charge in [-0.25, -0.2) is 4.39 Å². The number of nitrogens with zero attached hydrogens (tertiary/aromatic N) is 3. The van der Waals surface area contributed by atoms with Crippen molar-refractivity contribution in [3.05, 3.63) is 83.9 Å². The minimum Gasteiger partial charge on any atom is -0.369 e. The van der Waals surface area contributed by atoms with E-state index in [1.165, 1.54) is 25.1 Å². The van der Waals surface area contributed by atoms with Gasteiger partial charge in [-0.3, -0.25) is 9.88 Å². The van der Waals surface area contributed by atoms with Gasteiger partial charge in [0.25, 0.3) is 0 Å². The predicted octanol–water partition coefficient (Wildman–Crippen LogP) is 5.59. The van der Waals surface area contributed by atoms with Crippen LogP contribution in [0.5, 0.6) is 0 Å². The maximum atomic E-state index is 14.1. The summed E-state index contributed by atoms with van der Waals surface area (Å²) in [7, 11) is 0. The third-order valence-corrected chi connectivity index (χ3v) is 6.25. The number of anilines is 1. The molecule has 3 nitrogen and oxygen atoms in total. The maximum Gasteiger partial charge on any atom is 0.124 e. The van der Waals surface area contributed by atoms with Crippen LogP contribution < -0.4 is 4.90 Å². The third-order valence-electron chi connectivity index (χ3n) is 6.25. The fourth-order valence-electron chi connectivity index (χ4n) is 4.26. The van der Waals surface area contributed by atoms with Crippen LogP contribution >= 0.6 is 0 Å². The Morgan fingerprint density at radius 1 is 0.806 bits per heavy atom. The van der Waals surface area contributed by atoms with Crippen LogP contribution in [-0.2, 0) is 0 Å². The zero-order chi connectivity index (χ0) is 21.0. The number of benzene rings is 2. The summed E-state index contributed by atoms with van der Waals surface area (Å²) in [5.41, 5.74) is 5.08. The largest absolute Gasteiger partial charge is 0.369 e. The summed E-state index contributed by atoms with van der Waals surface area (Å²) in [5.74, 6) is 0.738. The normalized spacial score (nSPS) is 17.4. The molecule has 0 N–H and O–H groups in total. The molecule has 3 aromatic rings. The lowest BCUT2D eigenvalue weighted by atomic mass is 10.0. The highest BCUT2D eigenvalue weighted by molar-refractivity contribution is 5.74. The Bertz CT molecular complexity index is 1030. The molecule has 0 atom stereocenters. The van der Waals surface area contributed by atoms with E-state index in [2.05, 4.69) is 39.0 Å². The lowest BCUT2D eigenvalue weighted by Gasteiger charge is -2.36. The van der Waals surface area contributed by atoms with Crippen LogP contribution in [0.1, 0.15) is 24.0 Å². The molecule has 0 unspecified atom stereocenters. The quantitative estimate of drug-likeness (QED) is 0.491. The molecule has 5 rings (SSSR count). The molecule has 2 aromatic carbocycles. The summed E-state index contributed by atoms with van der Waals surface area (Å²) in [4.78, 5) is 9.13. The molecule has 1 saturated carbocycles. The van der Waals surface area contributed by atoms with Gasteiger partial charge in [0.2, 0.25) is 0 Å². The smallest absolute Gasteiger partial charge is 0.124 e. The van der Waals surface area contributed by atoms with E-state index in [0.717, 1.165) is 54.4 Å². The van der Waals surface area contributed by atoms with Gasteiger partial charge in [-0.2, -0.15) is 0 Å². The first-order chi connectivity index (χ1) is 15.2. The second-order valence-corrected chi connectivity index (χ2v) is 8.67. The van der Waals surface area contributed by atoms with Crippen molar-refractivity contribution >= 4 is 17.8 Å². The summed E-state index contributed by atoms with van der Waals surface area (Å²) >= 11 is 0. The minimum absolute atomic E-state index is 0.231. The molecule has 1 saturated heterocycles. The molecule has 4 heteroatoms. The molecule has 2 heterocycles. The van der Waals surface area contributed by atoms with Crippen molar-refractivity contribution in [2.45, 2.75) is 12.8 Å². The third kappa shape index (κ3) is 5.20. The van der Waals surface area contributed by atoms with E-state index in [4.69, 9.17) is 0 Å². The van der Waals surface area contributed by atoms with Crippen molar-refractivity contribution in [2.75, 3.05) is 37.6 Å². The molecule has 1 aliphatic carbocycles. The summed E-state index contributed by atoms with van der Waals surface area (Å²) in [5, 5.41) is 0. The van der Waals surface area contributed by atoms with Crippen molar-refractivity contribution in [2.24, 2.45) is 5.92 Å². The van der Waals surface area contributed by atoms with Gasteiger partial charge in [0.1, 0.15) is 5.82 Å². The lowest BCUT2D eigenvalue weighted by Crippen LogP contribution is -2.47. The number of aromatic nitrogens is 1. The van der Waals surface area contributed by atoms with Gasteiger partial charge in [-0.15, -0.1) is 0 Å². The molecular weight excluding hydrogens is 385 g/mol. The molecular formula is C27H28FN3. The Morgan fingerprint density at radius 3 is 2.23 bits per heavy atom. The van der Waals surface area contributed by atoms with Crippen molar-refractivity contribution in [3.8, 4) is 11.1 Å². The Morgan fingerprint density at radius 2 is 1.52 bits per heavy atom. The molecule has 2 fully saturated rings. The van der Waals surface area contributed by atoms with Crippen LogP contribution in [0.3, 0.4) is 0 Å². The molecule has 2 aliphatic rings. The average molecular weight is 414 g/mol. The molecule has 0 bridgehead atoms. The van der Waals surface area contributed by atoms with Crippen molar-refractivity contribution < 1.29 is 4.39 Å². The fourth-order valence-corrected chi connectivity index (χ4v) is 4.26. The number of halogens is 1. The first kappa shape index (κ1) is 20.0. The van der Waals surface area contributed by atoms with Gasteiger partial charge < -0.3 is 4.90 Å². The highest BCUT2D eigenvalue weighted by atomic mass is 19.1. The lowest BCUT2D eigenvalue weighted by molar-refractivity contribution is 0.248. The molecule has 0 amide bonds. The number of hydrogen-bond donors (Lipinski definition) is 0. The topological polar surface area (TPSA) is 19.4 Å². The van der Waals surface area contributed by atoms with Crippen LogP contribution in [-0.4, -0.2) is 42.6 Å². The minimum atomic E-state index is -0.231. The van der Waals surface area contributed by atoms with E-state index in [0.29, 0.717) is 0 Å². The van der Waals surface area contributed by atoms with Crippen LogP contribution in [0.25, 0.3) is 23.3 Å². The first-order valence-electron chi connectivity index (χ1n) is 11.2. The molecule has 0 spiro atoms. The Kier molecular flexibility index (Phi) is 5.81. The summed E-state index contributed by atoms with van der Waals surface area (Å²) in [6.07, 6.45) is 10.3. The summed E-state index contributed by atoms with van der Waals surface area (Å²) < 4.78 is 14.1. The second-order valence-electron chi connectivity index (χ2n) is 8.67. The summed E-state index contributed by atoms with van der Waals surface area (Å²) in [6.45, 7) is 5.82. The zero-order valence-electron chi connectivity index (χ0n) is 17.8. The Balaban J connectivity index is 1.23. The number of pyridine rings is 1.